The number of fused-ring (bicyclic) bond motifs is 1. The molecule has 1 aliphatic heterocycles. The molecule has 0 aliphatic carbocycles. The molecule has 0 fully saturated rings. The Hall–Kier alpha value is -2.49. The first-order valence-corrected chi connectivity index (χ1v) is 5.58. The van der Waals surface area contributed by atoms with E-state index in [1.165, 1.54) is 0 Å². The molecule has 0 N–H and O–H groups in total. The average molecular weight is 239 g/mol. The maximum atomic E-state index is 12.4. The number of ketones is 1. The van der Waals surface area contributed by atoms with Crippen LogP contribution in [0.25, 0.3) is 0 Å². The molecule has 0 amide bonds. The molecule has 0 saturated carbocycles. The average Bonchev–Trinajstić information content (AvgIpc) is 2.73. The molecule has 3 rings (SSSR count). The molecule has 0 bridgehead atoms. The zero-order valence-corrected chi connectivity index (χ0v) is 9.83. The lowest BCUT2D eigenvalue weighted by Crippen LogP contribution is -2.19. The Morgan fingerprint density at radius 1 is 1.17 bits per heavy atom. The van der Waals surface area contributed by atoms with Crippen molar-refractivity contribution in [1.82, 2.24) is 4.98 Å². The van der Waals surface area contributed by atoms with E-state index in [9.17, 15) is 4.79 Å². The summed E-state index contributed by atoms with van der Waals surface area (Å²) in [6.45, 7) is 0. The Morgan fingerprint density at radius 3 is 2.72 bits per heavy atom. The fraction of sp³-hybridized carbons (Fsp3) is 0.0714. The third-order valence-corrected chi connectivity index (χ3v) is 2.90. The van der Waals surface area contributed by atoms with Crippen LogP contribution in [0.15, 0.2) is 48.8 Å². The van der Waals surface area contributed by atoms with Gasteiger partial charge in [0.05, 0.1) is 5.56 Å². The normalized spacial score (nSPS) is 13.7. The summed E-state index contributed by atoms with van der Waals surface area (Å²) in [5, 5.41) is 0. The number of hydrogen-bond donors (Lipinski definition) is 0. The minimum atomic E-state index is -0.0412. The van der Waals surface area contributed by atoms with E-state index in [4.69, 9.17) is 4.84 Å². The molecule has 4 heteroatoms. The molecule has 1 aromatic carbocycles. The van der Waals surface area contributed by atoms with Gasteiger partial charge in [0.25, 0.3) is 11.5 Å². The molecule has 0 unspecified atom stereocenters. The number of pyridine rings is 1. The lowest BCUT2D eigenvalue weighted by molar-refractivity contribution is -0.717. The summed E-state index contributed by atoms with van der Waals surface area (Å²) in [6, 6.07) is 11.0. The SMILES string of the molecule is CO[N+]1=C(c2cccnc2)C(=O)c2ccccc21. The summed E-state index contributed by atoms with van der Waals surface area (Å²) in [7, 11) is 1.55. The van der Waals surface area contributed by atoms with Crippen molar-refractivity contribution in [2.45, 2.75) is 0 Å². The molecule has 88 valence electrons. The molecule has 0 saturated heterocycles. The van der Waals surface area contributed by atoms with Gasteiger partial charge in [0.2, 0.25) is 0 Å². The molecule has 1 aromatic heterocycles. The molecule has 2 heterocycles. The Balaban J connectivity index is 2.24. The van der Waals surface area contributed by atoms with Crippen LogP contribution in [-0.4, -0.2) is 28.3 Å². The number of rotatable bonds is 2. The van der Waals surface area contributed by atoms with Gasteiger partial charge in [-0.25, -0.2) is 0 Å². The van der Waals surface area contributed by atoms with Gasteiger partial charge in [0.15, 0.2) is 0 Å². The lowest BCUT2D eigenvalue weighted by atomic mass is 10.0. The summed E-state index contributed by atoms with van der Waals surface area (Å²) >= 11 is 0. The van der Waals surface area contributed by atoms with Gasteiger partial charge in [-0.2, -0.15) is 0 Å². The number of Topliss-reactive ketones (excluding diaryl/α,β-unsaturated/α-hetero) is 1. The molecule has 0 radical (unpaired) electrons. The predicted octanol–water partition coefficient (Wildman–Crippen LogP) is 1.97. The number of nitrogens with zero attached hydrogens (tertiary/aromatic N) is 2. The van der Waals surface area contributed by atoms with Crippen LogP contribution < -0.4 is 0 Å². The smallest absolute Gasteiger partial charge is 0.281 e. The topological polar surface area (TPSA) is 42.2 Å². The highest BCUT2D eigenvalue weighted by atomic mass is 16.7. The van der Waals surface area contributed by atoms with Crippen molar-refractivity contribution in [3.63, 3.8) is 0 Å². The van der Waals surface area contributed by atoms with Gasteiger partial charge in [-0.05, 0) is 18.2 Å². The van der Waals surface area contributed by atoms with E-state index in [2.05, 4.69) is 4.98 Å². The van der Waals surface area contributed by atoms with E-state index in [0.29, 0.717) is 11.3 Å². The predicted molar refractivity (Wildman–Crippen MR) is 66.0 cm³/mol. The molecule has 4 nitrogen and oxygen atoms in total. The van der Waals surface area contributed by atoms with Gasteiger partial charge in [-0.3, -0.25) is 14.6 Å². The van der Waals surface area contributed by atoms with E-state index < -0.39 is 0 Å². The highest BCUT2D eigenvalue weighted by molar-refractivity contribution is 6.51. The zero-order valence-electron chi connectivity index (χ0n) is 9.83. The number of aromatic nitrogens is 1. The first kappa shape index (κ1) is 10.7. The van der Waals surface area contributed by atoms with Crippen molar-refractivity contribution in [3.8, 4) is 0 Å². The fourth-order valence-corrected chi connectivity index (χ4v) is 2.12. The molecule has 18 heavy (non-hydrogen) atoms. The van der Waals surface area contributed by atoms with E-state index >= 15 is 0 Å². The second-order valence-electron chi connectivity index (χ2n) is 3.91. The lowest BCUT2D eigenvalue weighted by Gasteiger charge is -1.96. The van der Waals surface area contributed by atoms with Crippen LogP contribution >= 0.6 is 0 Å². The maximum absolute atomic E-state index is 12.4. The third-order valence-electron chi connectivity index (χ3n) is 2.90. The Morgan fingerprint density at radius 2 is 2.00 bits per heavy atom. The first-order chi connectivity index (χ1) is 8.83. The fourth-order valence-electron chi connectivity index (χ4n) is 2.12. The van der Waals surface area contributed by atoms with E-state index in [-0.39, 0.29) is 5.78 Å². The number of para-hydroxylation sites is 1. The molecular formula is C14H11N2O2+. The molecular weight excluding hydrogens is 228 g/mol. The second-order valence-corrected chi connectivity index (χ2v) is 3.91. The van der Waals surface area contributed by atoms with Crippen molar-refractivity contribution in [2.75, 3.05) is 7.11 Å². The van der Waals surface area contributed by atoms with Crippen molar-refractivity contribution >= 4 is 17.2 Å². The largest absolute Gasteiger partial charge is 0.314 e. The van der Waals surface area contributed by atoms with Gasteiger partial charge in [0, 0.05) is 23.2 Å². The minimum Gasteiger partial charge on any atom is -0.281 e. The van der Waals surface area contributed by atoms with Gasteiger partial charge >= 0.3 is 5.71 Å². The van der Waals surface area contributed by atoms with Crippen molar-refractivity contribution in [2.24, 2.45) is 0 Å². The van der Waals surface area contributed by atoms with Crippen molar-refractivity contribution in [3.05, 3.63) is 59.9 Å². The number of carbonyl (C=O) groups excluding carboxylic acids is 1. The van der Waals surface area contributed by atoms with Crippen LogP contribution in [0.3, 0.4) is 0 Å². The Bertz CT molecular complexity index is 648. The van der Waals surface area contributed by atoms with Crippen LogP contribution in [0.4, 0.5) is 5.69 Å². The Labute approximate surface area is 104 Å². The van der Waals surface area contributed by atoms with E-state index in [0.717, 1.165) is 11.3 Å². The highest BCUT2D eigenvalue weighted by Gasteiger charge is 2.41. The molecule has 2 aromatic rings. The van der Waals surface area contributed by atoms with E-state index in [1.54, 1.807) is 36.4 Å². The zero-order chi connectivity index (χ0) is 12.5. The molecule has 0 spiro atoms. The third kappa shape index (κ3) is 1.43. The van der Waals surface area contributed by atoms with Gasteiger partial charge in [-0.15, -0.1) is 0 Å². The van der Waals surface area contributed by atoms with Crippen LogP contribution in [0.2, 0.25) is 0 Å². The van der Waals surface area contributed by atoms with Gasteiger partial charge < -0.3 is 0 Å². The Kier molecular flexibility index (Phi) is 2.41. The summed E-state index contributed by atoms with van der Waals surface area (Å²) in [5.41, 5.74) is 2.68. The van der Waals surface area contributed by atoms with Crippen LogP contribution in [0.5, 0.6) is 0 Å². The number of benzene rings is 1. The van der Waals surface area contributed by atoms with Crippen LogP contribution in [0.1, 0.15) is 15.9 Å². The standard InChI is InChI=1S/C14H11N2O2/c1-18-16-12-7-3-2-6-11(12)14(17)13(16)10-5-4-8-15-9-10/h2-9H,1H3/q+1. The maximum Gasteiger partial charge on any atom is 0.314 e. The monoisotopic (exact) mass is 239 g/mol. The highest BCUT2D eigenvalue weighted by Crippen LogP contribution is 2.27. The van der Waals surface area contributed by atoms with Crippen LogP contribution in [-0.2, 0) is 4.84 Å². The van der Waals surface area contributed by atoms with Crippen molar-refractivity contribution in [1.29, 1.82) is 0 Å². The summed E-state index contributed by atoms with van der Waals surface area (Å²) in [6.07, 6.45) is 3.33. The summed E-state index contributed by atoms with van der Waals surface area (Å²) < 4.78 is 1.55. The van der Waals surface area contributed by atoms with Gasteiger partial charge in [0.1, 0.15) is 12.7 Å². The second kappa shape index (κ2) is 4.07. The van der Waals surface area contributed by atoms with Gasteiger partial charge in [-0.1, -0.05) is 12.1 Å². The number of carbonyl (C=O) groups is 1. The van der Waals surface area contributed by atoms with E-state index in [1.807, 2.05) is 24.3 Å². The van der Waals surface area contributed by atoms with Crippen molar-refractivity contribution < 1.29 is 14.4 Å². The molecule has 0 atom stereocenters. The van der Waals surface area contributed by atoms with Crippen LogP contribution in [0, 0.1) is 0 Å². The first-order valence-electron chi connectivity index (χ1n) is 5.58. The number of hydrogen-bond acceptors (Lipinski definition) is 3. The molecule has 1 aliphatic rings. The summed E-state index contributed by atoms with van der Waals surface area (Å²) in [5.74, 6) is -0.0412. The summed E-state index contributed by atoms with van der Waals surface area (Å²) in [4.78, 5) is 21.7. The minimum absolute atomic E-state index is 0.0412. The quantitative estimate of drug-likeness (QED) is 0.752.